The van der Waals surface area contributed by atoms with E-state index in [0.29, 0.717) is 49.1 Å². The maximum Gasteiger partial charge on any atom is 0.267 e. The molecule has 9 heteroatoms. The van der Waals surface area contributed by atoms with Crippen molar-refractivity contribution in [1.29, 1.82) is 0 Å². The summed E-state index contributed by atoms with van der Waals surface area (Å²) in [4.78, 5) is 19.0. The number of methoxy groups -OCH3 is 2. The summed E-state index contributed by atoms with van der Waals surface area (Å²) in [5, 5.41) is 23.6. The van der Waals surface area contributed by atoms with Crippen LogP contribution in [-0.4, -0.2) is 35.3 Å². The zero-order valence-electron chi connectivity index (χ0n) is 21.6. The number of rotatable bonds is 7. The summed E-state index contributed by atoms with van der Waals surface area (Å²) in [6, 6.07) is 19.5. The molecule has 0 aliphatic rings. The van der Waals surface area contributed by atoms with E-state index in [-0.39, 0.29) is 23.1 Å². The number of carbonyl (C=O) groups is 1. The number of ether oxygens (including phenoxy) is 2. The predicted octanol–water partition coefficient (Wildman–Crippen LogP) is 6.46. The molecule has 0 radical (unpaired) electrons. The molecule has 1 amide bonds. The van der Waals surface area contributed by atoms with Gasteiger partial charge < -0.3 is 30.7 Å². The number of amides is 1. The lowest BCUT2D eigenvalue weighted by molar-refractivity contribution is 0.103. The monoisotopic (exact) mass is 541 g/mol. The second-order valence-electron chi connectivity index (χ2n) is 8.86. The molecule has 5 aromatic rings. The molecule has 0 unspecified atom stereocenters. The van der Waals surface area contributed by atoms with Crippen molar-refractivity contribution in [3.63, 3.8) is 0 Å². The van der Waals surface area contributed by atoms with Crippen LogP contribution >= 0.6 is 11.3 Å². The van der Waals surface area contributed by atoms with E-state index in [1.807, 2.05) is 42.5 Å². The highest BCUT2D eigenvalue weighted by Gasteiger charge is 2.22. The van der Waals surface area contributed by atoms with Crippen LogP contribution in [0.3, 0.4) is 0 Å². The van der Waals surface area contributed by atoms with Crippen LogP contribution in [0.15, 0.2) is 66.7 Å². The van der Waals surface area contributed by atoms with Gasteiger partial charge in [0.25, 0.3) is 5.91 Å². The summed E-state index contributed by atoms with van der Waals surface area (Å²) in [5.74, 6) is 0.272. The number of hydrogen-bond acceptors (Lipinski definition) is 8. The third-order valence-corrected chi connectivity index (χ3v) is 7.59. The Morgan fingerprint density at radius 2 is 1.64 bits per heavy atom. The lowest BCUT2D eigenvalue weighted by atomic mass is 9.99. The first-order valence-electron chi connectivity index (χ1n) is 12.2. The number of nitrogens with two attached hydrogens (primary N) is 1. The molecule has 0 atom stereocenters. The molecule has 3 aromatic carbocycles. The number of aromatic nitrogens is 1. The van der Waals surface area contributed by atoms with Crippen molar-refractivity contribution in [1.82, 2.24) is 4.98 Å². The average molecular weight is 542 g/mol. The Hall–Kier alpha value is -4.76. The fourth-order valence-corrected chi connectivity index (χ4v) is 5.38. The number of nitrogen functional groups attached to an aromatic ring is 1. The molecule has 0 saturated heterocycles. The molecule has 0 bridgehead atoms. The van der Waals surface area contributed by atoms with Crippen molar-refractivity contribution in [3.8, 4) is 45.4 Å². The molecule has 8 nitrogen and oxygen atoms in total. The fraction of sp³-hybridized carbons (Fsp3) is 0.133. The summed E-state index contributed by atoms with van der Waals surface area (Å²) < 4.78 is 10.8. The van der Waals surface area contributed by atoms with Crippen LogP contribution in [0.2, 0.25) is 0 Å². The minimum absolute atomic E-state index is 0.239. The van der Waals surface area contributed by atoms with Crippen LogP contribution < -0.4 is 20.5 Å². The first kappa shape index (κ1) is 25.9. The number of pyridine rings is 1. The second-order valence-corrected chi connectivity index (χ2v) is 9.86. The van der Waals surface area contributed by atoms with Gasteiger partial charge in [-0.1, -0.05) is 25.1 Å². The molecule has 5 N–H and O–H groups in total. The van der Waals surface area contributed by atoms with Crippen molar-refractivity contribution >= 4 is 38.8 Å². The van der Waals surface area contributed by atoms with E-state index in [1.165, 1.54) is 29.0 Å². The van der Waals surface area contributed by atoms with E-state index >= 15 is 0 Å². The van der Waals surface area contributed by atoms with Crippen molar-refractivity contribution in [3.05, 3.63) is 77.2 Å². The zero-order chi connectivity index (χ0) is 27.7. The number of nitrogens with one attached hydrogen (secondary N) is 1. The molecular weight excluding hydrogens is 514 g/mol. The highest BCUT2D eigenvalue weighted by Crippen LogP contribution is 2.43. The molecule has 39 heavy (non-hydrogen) atoms. The van der Waals surface area contributed by atoms with Gasteiger partial charge in [-0.15, -0.1) is 11.3 Å². The molecular formula is C30H27N3O5S. The van der Waals surface area contributed by atoms with Gasteiger partial charge in [0.1, 0.15) is 9.71 Å². The Morgan fingerprint density at radius 3 is 2.31 bits per heavy atom. The maximum atomic E-state index is 13.3. The van der Waals surface area contributed by atoms with Crippen LogP contribution in [0.5, 0.6) is 23.0 Å². The van der Waals surface area contributed by atoms with E-state index < -0.39 is 0 Å². The fourth-order valence-electron chi connectivity index (χ4n) is 4.36. The van der Waals surface area contributed by atoms with Gasteiger partial charge in [0.2, 0.25) is 0 Å². The van der Waals surface area contributed by atoms with E-state index in [4.69, 9.17) is 20.2 Å². The smallest absolute Gasteiger partial charge is 0.267 e. The average Bonchev–Trinajstić information content (AvgIpc) is 3.30. The van der Waals surface area contributed by atoms with Gasteiger partial charge in [0, 0.05) is 16.6 Å². The number of benzene rings is 3. The molecule has 0 aliphatic heterocycles. The molecule has 0 spiro atoms. The van der Waals surface area contributed by atoms with Gasteiger partial charge in [-0.25, -0.2) is 4.98 Å². The SMILES string of the molecule is CCc1ccc(NC(=O)c2sc3nc(-c4ccc(OC)c(OC)c4)cc(-c4ccc(O)c(O)c4)c3c2N)cc1. The molecule has 5 rings (SSSR count). The summed E-state index contributed by atoms with van der Waals surface area (Å²) >= 11 is 1.19. The molecule has 0 saturated carbocycles. The molecule has 0 fully saturated rings. The molecule has 2 heterocycles. The molecule has 2 aromatic heterocycles. The normalized spacial score (nSPS) is 10.9. The third kappa shape index (κ3) is 4.92. The quantitative estimate of drug-likeness (QED) is 0.174. The van der Waals surface area contributed by atoms with Crippen LogP contribution in [0.25, 0.3) is 32.6 Å². The van der Waals surface area contributed by atoms with E-state index in [2.05, 4.69) is 12.2 Å². The third-order valence-electron chi connectivity index (χ3n) is 6.49. The van der Waals surface area contributed by atoms with Crippen molar-refractivity contribution in [2.45, 2.75) is 13.3 Å². The summed E-state index contributed by atoms with van der Waals surface area (Å²) in [6.07, 6.45) is 0.904. The Balaban J connectivity index is 1.66. The van der Waals surface area contributed by atoms with E-state index in [9.17, 15) is 15.0 Å². The summed E-state index contributed by atoms with van der Waals surface area (Å²) in [7, 11) is 3.12. The van der Waals surface area contributed by atoms with E-state index in [0.717, 1.165) is 12.0 Å². The Morgan fingerprint density at radius 1 is 0.923 bits per heavy atom. The zero-order valence-corrected chi connectivity index (χ0v) is 22.4. The second kappa shape index (κ2) is 10.5. The van der Waals surface area contributed by atoms with Crippen LogP contribution in [0, 0.1) is 0 Å². The number of anilines is 2. The number of aromatic hydroxyl groups is 2. The number of nitrogens with zero attached hydrogens (tertiary/aromatic N) is 1. The first-order chi connectivity index (χ1) is 18.8. The van der Waals surface area contributed by atoms with Crippen LogP contribution in [0.4, 0.5) is 11.4 Å². The van der Waals surface area contributed by atoms with Gasteiger partial charge >= 0.3 is 0 Å². The Bertz CT molecular complexity index is 1700. The number of aryl methyl sites for hydroxylation is 1. The number of fused-ring (bicyclic) bond motifs is 1. The number of carbonyl (C=O) groups excluding carboxylic acids is 1. The Kier molecular flexibility index (Phi) is 7.00. The lowest BCUT2D eigenvalue weighted by Crippen LogP contribution is -2.11. The number of phenols is 2. The van der Waals surface area contributed by atoms with Gasteiger partial charge in [-0.05, 0) is 71.6 Å². The summed E-state index contributed by atoms with van der Waals surface area (Å²) in [6.45, 7) is 2.07. The highest BCUT2D eigenvalue weighted by molar-refractivity contribution is 7.21. The van der Waals surface area contributed by atoms with Crippen LogP contribution in [-0.2, 0) is 6.42 Å². The lowest BCUT2D eigenvalue weighted by Gasteiger charge is -2.12. The van der Waals surface area contributed by atoms with Gasteiger partial charge in [0.15, 0.2) is 23.0 Å². The van der Waals surface area contributed by atoms with Gasteiger partial charge in [0.05, 0.1) is 25.6 Å². The minimum Gasteiger partial charge on any atom is -0.504 e. The van der Waals surface area contributed by atoms with Crippen molar-refractivity contribution in [2.24, 2.45) is 0 Å². The molecule has 0 aliphatic carbocycles. The number of phenolic OH excluding ortho intramolecular Hbond substituents is 2. The Labute approximate surface area is 229 Å². The van der Waals surface area contributed by atoms with Crippen molar-refractivity contribution < 1.29 is 24.5 Å². The number of thiophene rings is 1. The minimum atomic E-state index is -0.341. The molecule has 198 valence electrons. The number of hydrogen-bond donors (Lipinski definition) is 4. The van der Waals surface area contributed by atoms with Gasteiger partial charge in [-0.2, -0.15) is 0 Å². The van der Waals surface area contributed by atoms with Gasteiger partial charge in [-0.3, -0.25) is 4.79 Å². The maximum absolute atomic E-state index is 13.3. The summed E-state index contributed by atoms with van der Waals surface area (Å²) in [5.41, 5.74) is 11.3. The first-order valence-corrected chi connectivity index (χ1v) is 13.0. The standard InChI is InChI=1S/C30H27N3O5S/c1-4-16-5-9-19(10-6-16)32-29(36)28-27(31)26-20(17-7-11-22(34)23(35)13-17)15-21(33-30(26)39-28)18-8-12-24(37-2)25(14-18)38-3/h5-15,34-35H,4,31H2,1-3H3,(H,32,36). The van der Waals surface area contributed by atoms with E-state index in [1.54, 1.807) is 26.4 Å². The highest BCUT2D eigenvalue weighted by atomic mass is 32.1. The topological polar surface area (TPSA) is 127 Å². The van der Waals surface area contributed by atoms with Crippen molar-refractivity contribution in [2.75, 3.05) is 25.3 Å². The van der Waals surface area contributed by atoms with Crippen LogP contribution in [0.1, 0.15) is 22.2 Å². The predicted molar refractivity (Wildman–Crippen MR) is 155 cm³/mol. The largest absolute Gasteiger partial charge is 0.504 e.